The quantitative estimate of drug-likeness (QED) is 0.556. The first-order chi connectivity index (χ1) is 12.9. The van der Waals surface area contributed by atoms with Crippen LogP contribution in [0.3, 0.4) is 0 Å². The van der Waals surface area contributed by atoms with Gasteiger partial charge >= 0.3 is 0 Å². The summed E-state index contributed by atoms with van der Waals surface area (Å²) in [5, 5.41) is 11.7. The third kappa shape index (κ3) is 4.20. The molecule has 3 rings (SSSR count). The summed E-state index contributed by atoms with van der Waals surface area (Å²) in [6.07, 6.45) is 5.43. The number of nitrogens with one attached hydrogen (secondary N) is 1. The van der Waals surface area contributed by atoms with Crippen LogP contribution < -0.4 is 15.0 Å². The Morgan fingerprint density at radius 3 is 2.59 bits per heavy atom. The van der Waals surface area contributed by atoms with Crippen LogP contribution in [0.25, 0.3) is 0 Å². The zero-order chi connectivity index (χ0) is 19.6. The highest BCUT2D eigenvalue weighted by Crippen LogP contribution is 2.38. The molecule has 27 heavy (non-hydrogen) atoms. The van der Waals surface area contributed by atoms with Crippen LogP contribution in [0, 0.1) is 10.1 Å². The van der Waals surface area contributed by atoms with Gasteiger partial charge in [0.2, 0.25) is 0 Å². The van der Waals surface area contributed by atoms with Crippen molar-refractivity contribution in [1.29, 1.82) is 0 Å². The zero-order valence-electron chi connectivity index (χ0n) is 14.6. The standard InChI is InChI=1S/C18H18Cl2N2O5/c1-26-15-8-14(22(24)25)10(7-16(15)27-11-4-2-3-5-11)6-12-13(19)9-21-18(23)17(12)20/h7-9,11H,2-6H2,1H3,(H,21,23). The molecule has 2 aromatic rings. The topological polar surface area (TPSA) is 94.5 Å². The third-order valence-corrected chi connectivity index (χ3v) is 5.34. The van der Waals surface area contributed by atoms with Crippen molar-refractivity contribution in [3.8, 4) is 11.5 Å². The van der Waals surface area contributed by atoms with Gasteiger partial charge in [-0.15, -0.1) is 0 Å². The number of benzene rings is 1. The highest BCUT2D eigenvalue weighted by Gasteiger charge is 2.25. The second-order valence-electron chi connectivity index (χ2n) is 6.35. The maximum atomic E-state index is 11.8. The third-order valence-electron chi connectivity index (χ3n) is 4.61. The number of aromatic amines is 1. The number of aromatic nitrogens is 1. The number of hydrogen-bond donors (Lipinski definition) is 1. The molecule has 0 radical (unpaired) electrons. The summed E-state index contributed by atoms with van der Waals surface area (Å²) in [5.41, 5.74) is -0.00180. The Labute approximate surface area is 165 Å². The average molecular weight is 413 g/mol. The van der Waals surface area contributed by atoms with E-state index in [9.17, 15) is 14.9 Å². The van der Waals surface area contributed by atoms with Crippen molar-refractivity contribution in [2.75, 3.05) is 7.11 Å². The number of H-pyrrole nitrogens is 1. The van der Waals surface area contributed by atoms with Crippen LogP contribution in [0.4, 0.5) is 5.69 Å². The van der Waals surface area contributed by atoms with Crippen LogP contribution in [0.15, 0.2) is 23.1 Å². The first-order valence-electron chi connectivity index (χ1n) is 8.48. The second kappa shape index (κ2) is 8.19. The van der Waals surface area contributed by atoms with Crippen LogP contribution in [0.5, 0.6) is 11.5 Å². The molecule has 144 valence electrons. The fourth-order valence-corrected chi connectivity index (χ4v) is 3.70. The lowest BCUT2D eigenvalue weighted by molar-refractivity contribution is -0.385. The molecule has 0 bridgehead atoms. The number of nitro groups is 1. The highest BCUT2D eigenvalue weighted by molar-refractivity contribution is 6.35. The van der Waals surface area contributed by atoms with Crippen LogP contribution >= 0.6 is 23.2 Å². The van der Waals surface area contributed by atoms with E-state index < -0.39 is 10.5 Å². The summed E-state index contributed by atoms with van der Waals surface area (Å²) in [7, 11) is 1.44. The Morgan fingerprint density at radius 2 is 1.96 bits per heavy atom. The van der Waals surface area contributed by atoms with Crippen molar-refractivity contribution in [2.24, 2.45) is 0 Å². The van der Waals surface area contributed by atoms with Crippen molar-refractivity contribution in [3.63, 3.8) is 0 Å². The van der Waals surface area contributed by atoms with Gasteiger partial charge in [0, 0.05) is 23.7 Å². The smallest absolute Gasteiger partial charge is 0.276 e. The van der Waals surface area contributed by atoms with Crippen LogP contribution in [-0.2, 0) is 6.42 Å². The fraction of sp³-hybridized carbons (Fsp3) is 0.389. The van der Waals surface area contributed by atoms with E-state index in [-0.39, 0.29) is 28.3 Å². The summed E-state index contributed by atoms with van der Waals surface area (Å²) >= 11 is 12.2. The highest BCUT2D eigenvalue weighted by atomic mass is 35.5. The van der Waals surface area contributed by atoms with Gasteiger partial charge in [-0.3, -0.25) is 14.9 Å². The second-order valence-corrected chi connectivity index (χ2v) is 7.13. The summed E-state index contributed by atoms with van der Waals surface area (Å²) in [5.74, 6) is 0.725. The number of nitro benzene ring substituents is 1. The van der Waals surface area contributed by atoms with E-state index in [2.05, 4.69) is 4.98 Å². The molecule has 1 aliphatic carbocycles. The van der Waals surface area contributed by atoms with E-state index in [0.29, 0.717) is 22.6 Å². The summed E-state index contributed by atoms with van der Waals surface area (Å²) in [6, 6.07) is 2.90. The van der Waals surface area contributed by atoms with Gasteiger partial charge in [0.05, 0.1) is 29.2 Å². The predicted octanol–water partition coefficient (Wildman–Crippen LogP) is 4.51. The molecular formula is C18H18Cl2N2O5. The molecule has 1 saturated carbocycles. The van der Waals surface area contributed by atoms with Gasteiger partial charge in [-0.1, -0.05) is 23.2 Å². The number of methoxy groups -OCH3 is 1. The van der Waals surface area contributed by atoms with Gasteiger partial charge in [0.15, 0.2) is 11.5 Å². The Morgan fingerprint density at radius 1 is 1.26 bits per heavy atom. The van der Waals surface area contributed by atoms with Gasteiger partial charge in [-0.25, -0.2) is 0 Å². The Hall–Kier alpha value is -2.25. The molecule has 0 spiro atoms. The van der Waals surface area contributed by atoms with Gasteiger partial charge < -0.3 is 14.5 Å². The van der Waals surface area contributed by atoms with E-state index in [1.54, 1.807) is 6.07 Å². The molecular weight excluding hydrogens is 395 g/mol. The minimum Gasteiger partial charge on any atom is -0.493 e. The van der Waals surface area contributed by atoms with Crippen molar-refractivity contribution in [3.05, 3.63) is 60.0 Å². The molecule has 1 aliphatic rings. The van der Waals surface area contributed by atoms with Crippen molar-refractivity contribution in [2.45, 2.75) is 38.2 Å². The molecule has 0 saturated heterocycles. The fourth-order valence-electron chi connectivity index (χ4n) is 3.21. The number of ether oxygens (including phenoxy) is 2. The molecule has 0 amide bonds. The van der Waals surface area contributed by atoms with Crippen molar-refractivity contribution in [1.82, 2.24) is 4.98 Å². The summed E-state index contributed by atoms with van der Waals surface area (Å²) in [4.78, 5) is 25.2. The lowest BCUT2D eigenvalue weighted by Gasteiger charge is -2.17. The Kier molecular flexibility index (Phi) is 5.92. The Bertz CT molecular complexity index is 923. The maximum Gasteiger partial charge on any atom is 0.276 e. The monoisotopic (exact) mass is 412 g/mol. The number of hydrogen-bond acceptors (Lipinski definition) is 5. The minimum atomic E-state index is -0.508. The molecule has 1 aromatic heterocycles. The minimum absolute atomic E-state index is 0.0168. The van der Waals surface area contributed by atoms with E-state index >= 15 is 0 Å². The molecule has 0 atom stereocenters. The van der Waals surface area contributed by atoms with Gasteiger partial charge in [0.25, 0.3) is 11.2 Å². The maximum absolute atomic E-state index is 11.8. The van der Waals surface area contributed by atoms with Crippen molar-refractivity contribution >= 4 is 28.9 Å². The van der Waals surface area contributed by atoms with Gasteiger partial charge in [0.1, 0.15) is 5.02 Å². The SMILES string of the molecule is COc1cc([N+](=O)[O-])c(Cc2c(Cl)c[nH]c(=O)c2Cl)cc1OC1CCCC1. The molecule has 1 aromatic carbocycles. The van der Waals surface area contributed by atoms with E-state index in [0.717, 1.165) is 25.7 Å². The van der Waals surface area contributed by atoms with Crippen molar-refractivity contribution < 1.29 is 14.4 Å². The molecule has 1 N–H and O–H groups in total. The lowest BCUT2D eigenvalue weighted by atomic mass is 10.0. The number of pyridine rings is 1. The first-order valence-corrected chi connectivity index (χ1v) is 9.23. The molecule has 1 fully saturated rings. The van der Waals surface area contributed by atoms with Crippen LogP contribution in [0.1, 0.15) is 36.8 Å². The van der Waals surface area contributed by atoms with E-state index in [1.165, 1.54) is 19.4 Å². The van der Waals surface area contributed by atoms with Crippen LogP contribution in [-0.4, -0.2) is 23.1 Å². The van der Waals surface area contributed by atoms with Crippen LogP contribution in [0.2, 0.25) is 10.0 Å². The number of halogens is 2. The number of nitrogens with zero attached hydrogens (tertiary/aromatic N) is 1. The predicted molar refractivity (Wildman–Crippen MR) is 102 cm³/mol. The molecule has 7 nitrogen and oxygen atoms in total. The normalized spacial score (nSPS) is 14.3. The molecule has 9 heteroatoms. The van der Waals surface area contributed by atoms with E-state index in [4.69, 9.17) is 32.7 Å². The molecule has 1 heterocycles. The van der Waals surface area contributed by atoms with Gasteiger partial charge in [-0.05, 0) is 31.7 Å². The average Bonchev–Trinajstić information content (AvgIpc) is 3.15. The number of rotatable bonds is 6. The summed E-state index contributed by atoms with van der Waals surface area (Å²) < 4.78 is 11.3. The Balaban J connectivity index is 2.05. The molecule has 0 aliphatic heterocycles. The van der Waals surface area contributed by atoms with E-state index in [1.807, 2.05) is 0 Å². The largest absolute Gasteiger partial charge is 0.493 e. The van der Waals surface area contributed by atoms with Gasteiger partial charge in [-0.2, -0.15) is 0 Å². The summed E-state index contributed by atoms with van der Waals surface area (Å²) in [6.45, 7) is 0. The zero-order valence-corrected chi connectivity index (χ0v) is 16.1. The first kappa shape index (κ1) is 19.5. The molecule has 0 unspecified atom stereocenters. The lowest BCUT2D eigenvalue weighted by Crippen LogP contribution is -2.13.